The largest absolute Gasteiger partial charge is 0.494 e. The highest BCUT2D eigenvalue weighted by molar-refractivity contribution is 6.00. The summed E-state index contributed by atoms with van der Waals surface area (Å²) in [6.07, 6.45) is 0. The third-order valence-corrected chi connectivity index (χ3v) is 5.32. The molecule has 2 aromatic carbocycles. The molecule has 2 heterocycles. The fourth-order valence-corrected chi connectivity index (χ4v) is 3.53. The molecule has 4 rings (SSSR count). The first-order valence-corrected chi connectivity index (χ1v) is 10.8. The van der Waals surface area contributed by atoms with Gasteiger partial charge in [0.25, 0.3) is 0 Å². The predicted molar refractivity (Wildman–Crippen MR) is 127 cm³/mol. The van der Waals surface area contributed by atoms with E-state index in [1.54, 1.807) is 12.1 Å². The molecule has 32 heavy (non-hydrogen) atoms. The molecule has 8 nitrogen and oxygen atoms in total. The number of hydrogen-bond acceptors (Lipinski definition) is 6. The molecule has 1 fully saturated rings. The van der Waals surface area contributed by atoms with Gasteiger partial charge in [-0.1, -0.05) is 12.1 Å². The number of rotatable bonds is 6. The predicted octanol–water partition coefficient (Wildman–Crippen LogP) is 3.94. The van der Waals surface area contributed by atoms with Crippen LogP contribution in [0.15, 0.2) is 60.7 Å². The van der Waals surface area contributed by atoms with Gasteiger partial charge >= 0.3 is 6.03 Å². The zero-order chi connectivity index (χ0) is 22.3. The quantitative estimate of drug-likeness (QED) is 0.614. The molecule has 0 saturated carbocycles. The lowest BCUT2D eigenvalue weighted by Gasteiger charge is -2.32. The smallest absolute Gasteiger partial charge is 0.323 e. The summed E-state index contributed by atoms with van der Waals surface area (Å²) in [4.78, 5) is 17.0. The van der Waals surface area contributed by atoms with E-state index in [-0.39, 0.29) is 6.03 Å². The zero-order valence-corrected chi connectivity index (χ0v) is 18.4. The molecule has 1 aromatic heterocycles. The van der Waals surface area contributed by atoms with Crippen LogP contribution in [0.3, 0.4) is 0 Å². The maximum atomic E-state index is 12.4. The van der Waals surface area contributed by atoms with E-state index in [2.05, 4.69) is 37.7 Å². The van der Waals surface area contributed by atoms with Crippen molar-refractivity contribution in [3.8, 4) is 17.0 Å². The number of amides is 2. The summed E-state index contributed by atoms with van der Waals surface area (Å²) < 4.78 is 5.42. The molecule has 0 unspecified atom stereocenters. The summed E-state index contributed by atoms with van der Waals surface area (Å²) in [5.74, 6) is 1.66. The molecule has 8 heteroatoms. The molecule has 1 saturated heterocycles. The van der Waals surface area contributed by atoms with Crippen molar-refractivity contribution < 1.29 is 9.53 Å². The second-order valence-electron chi connectivity index (χ2n) is 7.68. The zero-order valence-electron chi connectivity index (χ0n) is 18.4. The number of ether oxygens (including phenoxy) is 1. The average molecular weight is 433 g/mol. The molecule has 2 amide bonds. The summed E-state index contributed by atoms with van der Waals surface area (Å²) in [6, 6.07) is 18.5. The van der Waals surface area contributed by atoms with Gasteiger partial charge in [-0.15, -0.1) is 10.2 Å². The highest BCUT2D eigenvalue weighted by Gasteiger charge is 2.15. The number of hydrogen-bond donors (Lipinski definition) is 2. The number of aromatic nitrogens is 2. The first kappa shape index (κ1) is 21.6. The minimum absolute atomic E-state index is 0.317. The number of carbonyl (C=O) groups excluding carboxylic acids is 1. The van der Waals surface area contributed by atoms with E-state index in [0.29, 0.717) is 18.0 Å². The summed E-state index contributed by atoms with van der Waals surface area (Å²) in [5, 5.41) is 14.5. The maximum absolute atomic E-state index is 12.4. The monoisotopic (exact) mass is 432 g/mol. The SMILES string of the molecule is CCOc1ccc(NC(=O)Nc2cccc(-c3ccc(N4CCN(C)CC4)nn3)c2)cc1. The number of anilines is 3. The van der Waals surface area contributed by atoms with Crippen molar-refractivity contribution in [2.75, 3.05) is 55.4 Å². The van der Waals surface area contributed by atoms with Crippen LogP contribution in [-0.2, 0) is 0 Å². The highest BCUT2D eigenvalue weighted by atomic mass is 16.5. The second kappa shape index (κ2) is 10.1. The van der Waals surface area contributed by atoms with Crippen LogP contribution in [0.5, 0.6) is 5.75 Å². The van der Waals surface area contributed by atoms with Gasteiger partial charge in [0.05, 0.1) is 12.3 Å². The van der Waals surface area contributed by atoms with Crippen LogP contribution >= 0.6 is 0 Å². The number of benzene rings is 2. The van der Waals surface area contributed by atoms with Crippen molar-refractivity contribution in [1.29, 1.82) is 0 Å². The fraction of sp³-hybridized carbons (Fsp3) is 0.292. The van der Waals surface area contributed by atoms with Crippen LogP contribution in [-0.4, -0.2) is 61.0 Å². The van der Waals surface area contributed by atoms with Crippen molar-refractivity contribution in [3.63, 3.8) is 0 Å². The Kier molecular flexibility index (Phi) is 6.81. The van der Waals surface area contributed by atoms with Crippen LogP contribution in [0.4, 0.5) is 22.0 Å². The lowest BCUT2D eigenvalue weighted by Crippen LogP contribution is -2.44. The standard InChI is InChI=1S/C24H28N6O2/c1-3-32-21-9-7-19(8-10-21)25-24(31)26-20-6-4-5-18(17-20)22-11-12-23(28-27-22)30-15-13-29(2)14-16-30/h4-12,17H,3,13-16H2,1-2H3,(H2,25,26,31). The summed E-state index contributed by atoms with van der Waals surface area (Å²) >= 11 is 0. The van der Waals surface area contributed by atoms with E-state index < -0.39 is 0 Å². The third kappa shape index (κ3) is 5.53. The number of carbonyl (C=O) groups is 1. The Hall–Kier alpha value is -3.65. The van der Waals surface area contributed by atoms with Crippen molar-refractivity contribution in [1.82, 2.24) is 15.1 Å². The van der Waals surface area contributed by atoms with Crippen molar-refractivity contribution >= 4 is 23.2 Å². The molecule has 0 aliphatic carbocycles. The second-order valence-corrected chi connectivity index (χ2v) is 7.68. The minimum atomic E-state index is -0.317. The van der Waals surface area contributed by atoms with Crippen molar-refractivity contribution in [2.24, 2.45) is 0 Å². The lowest BCUT2D eigenvalue weighted by atomic mass is 10.1. The van der Waals surface area contributed by atoms with Crippen molar-refractivity contribution in [2.45, 2.75) is 6.92 Å². The number of likely N-dealkylation sites (N-methyl/N-ethyl adjacent to an activating group) is 1. The number of nitrogens with one attached hydrogen (secondary N) is 2. The third-order valence-electron chi connectivity index (χ3n) is 5.32. The molecule has 0 atom stereocenters. The van der Waals surface area contributed by atoms with Crippen LogP contribution in [0, 0.1) is 0 Å². The number of nitrogens with zero attached hydrogens (tertiary/aromatic N) is 4. The summed E-state index contributed by atoms with van der Waals surface area (Å²) in [6.45, 7) is 6.49. The van der Waals surface area contributed by atoms with Gasteiger partial charge in [-0.3, -0.25) is 0 Å². The Morgan fingerprint density at radius 1 is 0.938 bits per heavy atom. The van der Waals surface area contributed by atoms with Gasteiger partial charge in [-0.05, 0) is 62.5 Å². The van der Waals surface area contributed by atoms with E-state index >= 15 is 0 Å². The van der Waals surface area contributed by atoms with Crippen LogP contribution in [0.25, 0.3) is 11.3 Å². The van der Waals surface area contributed by atoms with Gasteiger partial charge < -0.3 is 25.2 Å². The molecule has 0 bridgehead atoms. The average Bonchev–Trinajstić information content (AvgIpc) is 2.81. The van der Waals surface area contributed by atoms with Gasteiger partial charge in [0, 0.05) is 43.1 Å². The molecule has 3 aromatic rings. The van der Waals surface area contributed by atoms with E-state index in [0.717, 1.165) is 49.0 Å². The summed E-state index contributed by atoms with van der Waals surface area (Å²) in [5.41, 5.74) is 3.02. The molecule has 166 valence electrons. The van der Waals surface area contributed by atoms with E-state index in [1.165, 1.54) is 0 Å². The molecule has 1 aliphatic heterocycles. The van der Waals surface area contributed by atoms with Crippen LogP contribution in [0.2, 0.25) is 0 Å². The topological polar surface area (TPSA) is 82.6 Å². The molecular formula is C24H28N6O2. The van der Waals surface area contributed by atoms with Gasteiger partial charge in [-0.2, -0.15) is 0 Å². The number of piperazine rings is 1. The molecule has 2 N–H and O–H groups in total. The maximum Gasteiger partial charge on any atom is 0.323 e. The minimum Gasteiger partial charge on any atom is -0.494 e. The van der Waals surface area contributed by atoms with Gasteiger partial charge in [0.1, 0.15) is 5.75 Å². The molecular weight excluding hydrogens is 404 g/mol. The van der Waals surface area contributed by atoms with Gasteiger partial charge in [-0.25, -0.2) is 4.79 Å². The van der Waals surface area contributed by atoms with E-state index in [4.69, 9.17) is 4.74 Å². The van der Waals surface area contributed by atoms with Gasteiger partial charge in [0.2, 0.25) is 0 Å². The van der Waals surface area contributed by atoms with Gasteiger partial charge in [0.15, 0.2) is 5.82 Å². The molecule has 0 spiro atoms. The summed E-state index contributed by atoms with van der Waals surface area (Å²) in [7, 11) is 2.13. The van der Waals surface area contributed by atoms with E-state index in [9.17, 15) is 4.79 Å². The molecule has 0 radical (unpaired) electrons. The Bertz CT molecular complexity index is 1030. The Balaban J connectivity index is 1.38. The highest BCUT2D eigenvalue weighted by Crippen LogP contribution is 2.23. The molecule has 1 aliphatic rings. The first-order valence-electron chi connectivity index (χ1n) is 10.8. The van der Waals surface area contributed by atoms with E-state index in [1.807, 2.05) is 55.5 Å². The van der Waals surface area contributed by atoms with Crippen molar-refractivity contribution in [3.05, 3.63) is 60.7 Å². The Morgan fingerprint density at radius 3 is 2.38 bits per heavy atom. The Labute approximate surface area is 188 Å². The fourth-order valence-electron chi connectivity index (χ4n) is 3.53. The van der Waals surface area contributed by atoms with Crippen LogP contribution in [0.1, 0.15) is 6.92 Å². The van der Waals surface area contributed by atoms with Crippen LogP contribution < -0.4 is 20.3 Å². The normalized spacial score (nSPS) is 14.1. The lowest BCUT2D eigenvalue weighted by molar-refractivity contribution is 0.262. The number of urea groups is 1. The first-order chi connectivity index (χ1) is 15.6. The Morgan fingerprint density at radius 2 is 1.69 bits per heavy atom.